The summed E-state index contributed by atoms with van der Waals surface area (Å²) in [6.45, 7) is 0. The molecule has 1 amide bonds. The van der Waals surface area contributed by atoms with Crippen molar-refractivity contribution < 1.29 is 15.0 Å². The molecule has 0 unspecified atom stereocenters. The number of hydrogen-bond acceptors (Lipinski definition) is 4. The minimum absolute atomic E-state index is 0.0389. The number of phenolic OH excluding ortho intramolecular Hbond substituents is 2. The highest BCUT2D eigenvalue weighted by molar-refractivity contribution is 5.95. The van der Waals surface area contributed by atoms with Crippen LogP contribution in [0.15, 0.2) is 53.6 Å². The van der Waals surface area contributed by atoms with Crippen LogP contribution in [0.25, 0.3) is 0 Å². The fourth-order valence-corrected chi connectivity index (χ4v) is 1.46. The van der Waals surface area contributed by atoms with Gasteiger partial charge in [-0.2, -0.15) is 5.10 Å². The zero-order valence-electron chi connectivity index (χ0n) is 9.95. The summed E-state index contributed by atoms with van der Waals surface area (Å²) in [4.78, 5) is 11.6. The Hall–Kier alpha value is -2.82. The first-order valence-corrected chi connectivity index (χ1v) is 5.57. The molecule has 0 aliphatic carbocycles. The summed E-state index contributed by atoms with van der Waals surface area (Å²) >= 11 is 0. The lowest BCUT2D eigenvalue weighted by atomic mass is 10.2. The van der Waals surface area contributed by atoms with Crippen molar-refractivity contribution in [3.8, 4) is 11.5 Å². The number of rotatable bonds is 3. The molecule has 0 bridgehead atoms. The Kier molecular flexibility index (Phi) is 3.78. The predicted octanol–water partition coefficient (Wildman–Crippen LogP) is 1.86. The highest BCUT2D eigenvalue weighted by atomic mass is 16.3. The lowest BCUT2D eigenvalue weighted by Gasteiger charge is -2.00. The summed E-state index contributed by atoms with van der Waals surface area (Å²) < 4.78 is 0. The molecule has 2 aromatic carbocycles. The topological polar surface area (TPSA) is 81.9 Å². The van der Waals surface area contributed by atoms with Gasteiger partial charge in [0.15, 0.2) is 0 Å². The number of nitrogens with one attached hydrogen (secondary N) is 1. The largest absolute Gasteiger partial charge is 0.508 e. The Morgan fingerprint density at radius 3 is 2.53 bits per heavy atom. The van der Waals surface area contributed by atoms with Gasteiger partial charge in [-0.3, -0.25) is 4.79 Å². The molecule has 2 rings (SSSR count). The summed E-state index contributed by atoms with van der Waals surface area (Å²) in [5, 5.41) is 22.4. The number of carbonyl (C=O) groups excluding carboxylic acids is 1. The number of phenols is 2. The smallest absolute Gasteiger partial charge is 0.271 e. The van der Waals surface area contributed by atoms with Crippen LogP contribution in [-0.2, 0) is 0 Å². The number of nitrogens with zero attached hydrogens (tertiary/aromatic N) is 1. The van der Waals surface area contributed by atoms with Crippen LogP contribution < -0.4 is 5.43 Å². The van der Waals surface area contributed by atoms with Crippen LogP contribution >= 0.6 is 0 Å². The van der Waals surface area contributed by atoms with Gasteiger partial charge in [0.2, 0.25) is 0 Å². The number of hydrazone groups is 1. The maximum absolute atomic E-state index is 11.6. The van der Waals surface area contributed by atoms with E-state index < -0.39 is 0 Å². The normalized spacial score (nSPS) is 10.5. The summed E-state index contributed by atoms with van der Waals surface area (Å²) in [6, 6.07) is 12.8. The molecule has 0 spiro atoms. The molecule has 5 heteroatoms. The van der Waals surface area contributed by atoms with Gasteiger partial charge in [0.05, 0.1) is 6.21 Å². The van der Waals surface area contributed by atoms with E-state index in [1.165, 1.54) is 24.4 Å². The van der Waals surface area contributed by atoms with Crippen LogP contribution in [0.2, 0.25) is 0 Å². The second kappa shape index (κ2) is 5.68. The van der Waals surface area contributed by atoms with Gasteiger partial charge in [0, 0.05) is 17.2 Å². The number of benzene rings is 2. The third-order valence-corrected chi connectivity index (χ3v) is 2.42. The maximum Gasteiger partial charge on any atom is 0.271 e. The molecule has 2 aromatic rings. The molecule has 0 aliphatic heterocycles. The van der Waals surface area contributed by atoms with Gasteiger partial charge in [-0.15, -0.1) is 0 Å². The second-order valence-corrected chi connectivity index (χ2v) is 3.81. The lowest BCUT2D eigenvalue weighted by Crippen LogP contribution is -2.17. The summed E-state index contributed by atoms with van der Waals surface area (Å²) in [6.07, 6.45) is 1.30. The summed E-state index contributed by atoms with van der Waals surface area (Å²) in [5.74, 6) is -0.490. The molecule has 0 atom stereocenters. The van der Waals surface area contributed by atoms with Gasteiger partial charge in [-0.05, 0) is 24.3 Å². The van der Waals surface area contributed by atoms with Gasteiger partial charge < -0.3 is 10.2 Å². The molecule has 0 aromatic heterocycles. The fourth-order valence-electron chi connectivity index (χ4n) is 1.46. The van der Waals surface area contributed by atoms with Crippen molar-refractivity contribution in [2.75, 3.05) is 0 Å². The quantitative estimate of drug-likeness (QED) is 0.579. The van der Waals surface area contributed by atoms with Crippen LogP contribution in [0.1, 0.15) is 15.9 Å². The Morgan fingerprint density at radius 1 is 1.11 bits per heavy atom. The van der Waals surface area contributed by atoms with E-state index in [0.717, 1.165) is 0 Å². The molecule has 0 fully saturated rings. The number of aromatic hydroxyl groups is 2. The van der Waals surface area contributed by atoms with Crippen LogP contribution in [0.4, 0.5) is 0 Å². The van der Waals surface area contributed by atoms with Gasteiger partial charge in [0.1, 0.15) is 11.5 Å². The molecule has 0 radical (unpaired) electrons. The fraction of sp³-hybridized carbons (Fsp3) is 0. The zero-order valence-corrected chi connectivity index (χ0v) is 9.95. The Labute approximate surface area is 109 Å². The first-order valence-electron chi connectivity index (χ1n) is 5.57. The molecule has 3 N–H and O–H groups in total. The van der Waals surface area contributed by atoms with Gasteiger partial charge in [-0.1, -0.05) is 18.2 Å². The summed E-state index contributed by atoms with van der Waals surface area (Å²) in [7, 11) is 0. The van der Waals surface area contributed by atoms with E-state index in [2.05, 4.69) is 10.5 Å². The average Bonchev–Trinajstić information content (AvgIpc) is 2.42. The third-order valence-electron chi connectivity index (χ3n) is 2.42. The highest BCUT2D eigenvalue weighted by Crippen LogP contribution is 2.20. The van der Waals surface area contributed by atoms with Gasteiger partial charge in [-0.25, -0.2) is 5.43 Å². The van der Waals surface area contributed by atoms with Crippen molar-refractivity contribution in [1.29, 1.82) is 0 Å². The molecule has 96 valence electrons. The molecule has 0 saturated heterocycles. The van der Waals surface area contributed by atoms with Crippen molar-refractivity contribution >= 4 is 12.1 Å². The van der Waals surface area contributed by atoms with Gasteiger partial charge in [0.25, 0.3) is 5.91 Å². The summed E-state index contributed by atoms with van der Waals surface area (Å²) in [5.41, 5.74) is 3.24. The standard InChI is InChI=1S/C14H12N2O3/c17-12-7-6-11(13(18)8-12)9-15-16-14(19)10-4-2-1-3-5-10/h1-9,17-18H,(H,16,19)/b15-9-. The molecular weight excluding hydrogens is 244 g/mol. The Morgan fingerprint density at radius 2 is 1.84 bits per heavy atom. The molecule has 0 heterocycles. The molecule has 19 heavy (non-hydrogen) atoms. The second-order valence-electron chi connectivity index (χ2n) is 3.81. The van der Waals surface area contributed by atoms with Crippen molar-refractivity contribution in [3.63, 3.8) is 0 Å². The van der Waals surface area contributed by atoms with E-state index in [1.54, 1.807) is 24.3 Å². The average molecular weight is 256 g/mol. The van der Waals surface area contributed by atoms with E-state index in [0.29, 0.717) is 11.1 Å². The monoisotopic (exact) mass is 256 g/mol. The maximum atomic E-state index is 11.6. The Bertz CT molecular complexity index is 609. The van der Waals surface area contributed by atoms with E-state index >= 15 is 0 Å². The molecule has 0 aliphatic rings. The highest BCUT2D eigenvalue weighted by Gasteiger charge is 2.02. The molecule has 0 saturated carbocycles. The molecular formula is C14H12N2O3. The van der Waals surface area contributed by atoms with E-state index in [-0.39, 0.29) is 17.4 Å². The number of hydrogen-bond donors (Lipinski definition) is 3. The van der Waals surface area contributed by atoms with Crippen LogP contribution in [0, 0.1) is 0 Å². The number of amides is 1. The van der Waals surface area contributed by atoms with Gasteiger partial charge >= 0.3 is 0 Å². The van der Waals surface area contributed by atoms with E-state index in [4.69, 9.17) is 5.11 Å². The predicted molar refractivity (Wildman–Crippen MR) is 71.3 cm³/mol. The van der Waals surface area contributed by atoms with Crippen LogP contribution in [0.5, 0.6) is 11.5 Å². The SMILES string of the molecule is O=C(N/N=C\c1ccc(O)cc1O)c1ccccc1. The zero-order chi connectivity index (χ0) is 13.7. The van der Waals surface area contributed by atoms with Crippen molar-refractivity contribution in [2.24, 2.45) is 5.10 Å². The van der Waals surface area contributed by atoms with Crippen LogP contribution in [-0.4, -0.2) is 22.3 Å². The third kappa shape index (κ3) is 3.32. The lowest BCUT2D eigenvalue weighted by molar-refractivity contribution is 0.0955. The Balaban J connectivity index is 2.02. The minimum Gasteiger partial charge on any atom is -0.508 e. The first-order chi connectivity index (χ1) is 9.16. The van der Waals surface area contributed by atoms with Crippen molar-refractivity contribution in [2.45, 2.75) is 0 Å². The molecule has 5 nitrogen and oxygen atoms in total. The van der Waals surface area contributed by atoms with Crippen LogP contribution in [0.3, 0.4) is 0 Å². The van der Waals surface area contributed by atoms with Crippen molar-refractivity contribution in [1.82, 2.24) is 5.43 Å². The minimum atomic E-state index is -0.338. The van der Waals surface area contributed by atoms with E-state index in [1.807, 2.05) is 6.07 Å². The number of carbonyl (C=O) groups is 1. The first kappa shape index (κ1) is 12.6. The van der Waals surface area contributed by atoms with Crippen molar-refractivity contribution in [3.05, 3.63) is 59.7 Å². The van der Waals surface area contributed by atoms with E-state index in [9.17, 15) is 9.90 Å².